The van der Waals surface area contributed by atoms with E-state index in [1.54, 1.807) is 13.3 Å². The third-order valence-electron chi connectivity index (χ3n) is 5.06. The van der Waals surface area contributed by atoms with E-state index in [4.69, 9.17) is 16.3 Å². The van der Waals surface area contributed by atoms with Gasteiger partial charge in [0, 0.05) is 29.7 Å². The van der Waals surface area contributed by atoms with Crippen LogP contribution in [0.15, 0.2) is 48.7 Å². The molecule has 3 aromatic rings. The number of nitrogens with two attached hydrogens (primary N) is 1. The maximum absolute atomic E-state index is 9.54. The molecule has 0 atom stereocenters. The van der Waals surface area contributed by atoms with Crippen LogP contribution in [0.1, 0.15) is 17.5 Å². The number of nitrogens with zero attached hydrogens (tertiary/aromatic N) is 4. The molecular weight excluding hydrogens is 421 g/mol. The van der Waals surface area contributed by atoms with E-state index in [1.165, 1.54) is 0 Å². The number of rotatable bonds is 5. The van der Waals surface area contributed by atoms with Gasteiger partial charge in [-0.3, -0.25) is 5.32 Å². The van der Waals surface area contributed by atoms with Gasteiger partial charge in [0.1, 0.15) is 12.3 Å². The quantitative estimate of drug-likeness (QED) is 0.577. The number of aromatic nitrogens is 2. The van der Waals surface area contributed by atoms with Crippen molar-refractivity contribution in [3.05, 3.63) is 64.8 Å². The first kappa shape index (κ1) is 21.8. The van der Waals surface area contributed by atoms with Gasteiger partial charge in [-0.2, -0.15) is 10.4 Å². The van der Waals surface area contributed by atoms with Gasteiger partial charge in [-0.15, -0.1) is 0 Å². The maximum atomic E-state index is 9.54. The topological polar surface area (TPSA) is 78.7 Å². The van der Waals surface area contributed by atoms with E-state index in [2.05, 4.69) is 33.3 Å². The molecule has 0 amide bonds. The summed E-state index contributed by atoms with van der Waals surface area (Å²) in [5.74, 6) is 1.42. The van der Waals surface area contributed by atoms with E-state index >= 15 is 0 Å². The molecule has 0 unspecified atom stereocenters. The molecule has 2 aromatic carbocycles. The van der Waals surface area contributed by atoms with Crippen molar-refractivity contribution in [2.24, 2.45) is 0 Å². The minimum Gasteiger partial charge on any atom is -1.00 e. The van der Waals surface area contributed by atoms with Gasteiger partial charge >= 0.3 is 0 Å². The van der Waals surface area contributed by atoms with Crippen LogP contribution in [0, 0.1) is 11.3 Å². The van der Waals surface area contributed by atoms with E-state index in [1.807, 2.05) is 35.6 Å². The zero-order valence-electron chi connectivity index (χ0n) is 16.5. The molecule has 0 aliphatic carbocycles. The standard InChI is InChI=1S/C22H20ClN5O.ClH/c1-29-21-6-5-15(10-19(21)23)13-25-22-17-9-16(12-24)11-20(18(17)14-26-27-22)28-7-3-2-4-8-28;/h2-3,5-6,9-11,14H,4,7-8,13H2,1H3,(H,25,27);1H. The molecule has 2 N–H and O–H groups in total. The number of methoxy groups -OCH3 is 1. The molecule has 0 bridgehead atoms. The number of quaternary nitrogens is 1. The van der Waals surface area contributed by atoms with Gasteiger partial charge < -0.3 is 22.0 Å². The number of fused-ring (bicyclic) bond motifs is 1. The third-order valence-corrected chi connectivity index (χ3v) is 5.36. The molecule has 154 valence electrons. The monoisotopic (exact) mass is 441 g/mol. The second-order valence-corrected chi connectivity index (χ2v) is 7.29. The van der Waals surface area contributed by atoms with Crippen LogP contribution in [0.4, 0.5) is 11.5 Å². The first-order chi connectivity index (χ1) is 14.2. The van der Waals surface area contributed by atoms with Crippen LogP contribution in [0.3, 0.4) is 0 Å². The summed E-state index contributed by atoms with van der Waals surface area (Å²) < 4.78 is 5.21. The Labute approximate surface area is 186 Å². The summed E-state index contributed by atoms with van der Waals surface area (Å²) >= 11 is 6.24. The molecule has 6 nitrogen and oxygen atoms in total. The number of anilines is 1. The van der Waals surface area contributed by atoms with E-state index in [0.29, 0.717) is 22.9 Å². The van der Waals surface area contributed by atoms with Crippen molar-refractivity contribution in [2.75, 3.05) is 25.1 Å². The van der Waals surface area contributed by atoms with Crippen molar-refractivity contribution in [1.29, 1.82) is 5.26 Å². The first-order valence-corrected chi connectivity index (χ1v) is 9.82. The Bertz CT molecular complexity index is 1130. The molecule has 1 aromatic heterocycles. The molecule has 30 heavy (non-hydrogen) atoms. The minimum absolute atomic E-state index is 0. The molecule has 1 aliphatic rings. The van der Waals surface area contributed by atoms with Crippen molar-refractivity contribution in [3.63, 3.8) is 0 Å². The highest BCUT2D eigenvalue weighted by molar-refractivity contribution is 6.32. The highest BCUT2D eigenvalue weighted by Crippen LogP contribution is 2.31. The van der Waals surface area contributed by atoms with E-state index in [0.717, 1.165) is 47.4 Å². The van der Waals surface area contributed by atoms with Gasteiger partial charge in [0.2, 0.25) is 0 Å². The Morgan fingerprint density at radius 3 is 2.80 bits per heavy atom. The van der Waals surface area contributed by atoms with Crippen LogP contribution in [-0.4, -0.2) is 30.4 Å². The van der Waals surface area contributed by atoms with E-state index in [-0.39, 0.29) is 12.4 Å². The summed E-state index contributed by atoms with van der Waals surface area (Å²) in [7, 11) is 1.60. The van der Waals surface area contributed by atoms with Crippen molar-refractivity contribution < 1.29 is 22.5 Å². The third kappa shape index (κ3) is 4.49. The molecule has 0 saturated heterocycles. The van der Waals surface area contributed by atoms with Crippen LogP contribution in [-0.2, 0) is 6.54 Å². The fraction of sp³-hybridized carbons (Fsp3) is 0.227. The number of hydrogen-bond donors (Lipinski definition) is 1. The van der Waals surface area contributed by atoms with Crippen LogP contribution in [0.5, 0.6) is 5.75 Å². The number of hydrogen-bond acceptors (Lipinski definition) is 5. The summed E-state index contributed by atoms with van der Waals surface area (Å²) in [6.07, 6.45) is 7.12. The average Bonchev–Trinajstić information content (AvgIpc) is 2.77. The smallest absolute Gasteiger partial charge is 0.252 e. The highest BCUT2D eigenvalue weighted by atomic mass is 35.5. The number of halogens is 2. The average molecular weight is 442 g/mol. The lowest BCUT2D eigenvalue weighted by molar-refractivity contribution is -0.591. The van der Waals surface area contributed by atoms with Crippen LogP contribution >= 0.6 is 11.6 Å². The normalized spacial score (nSPS) is 13.0. The summed E-state index contributed by atoms with van der Waals surface area (Å²) in [6.45, 7) is 2.40. The second kappa shape index (κ2) is 9.77. The molecule has 0 radical (unpaired) electrons. The number of ether oxygens (including phenoxy) is 1. The predicted molar refractivity (Wildman–Crippen MR) is 114 cm³/mol. The van der Waals surface area contributed by atoms with Gasteiger partial charge in [0.15, 0.2) is 0 Å². The first-order valence-electron chi connectivity index (χ1n) is 9.44. The van der Waals surface area contributed by atoms with Crippen molar-refractivity contribution in [3.8, 4) is 11.8 Å². The predicted octanol–water partition coefficient (Wildman–Crippen LogP) is 0.329. The summed E-state index contributed by atoms with van der Waals surface area (Å²) in [4.78, 5) is 2.28. The largest absolute Gasteiger partial charge is 1.00 e. The van der Waals surface area contributed by atoms with E-state index in [9.17, 15) is 5.26 Å². The minimum atomic E-state index is 0. The fourth-order valence-electron chi connectivity index (χ4n) is 3.58. The zero-order chi connectivity index (χ0) is 20.2. The molecule has 0 fully saturated rings. The second-order valence-electron chi connectivity index (χ2n) is 6.88. The lowest BCUT2D eigenvalue weighted by atomic mass is 10.1. The highest BCUT2D eigenvalue weighted by Gasteiger charge is 2.17. The molecule has 1 aliphatic heterocycles. The maximum Gasteiger partial charge on any atom is 0.252 e. The van der Waals surface area contributed by atoms with Gasteiger partial charge in [-0.25, -0.2) is 0 Å². The van der Waals surface area contributed by atoms with Crippen molar-refractivity contribution in [2.45, 2.75) is 13.0 Å². The van der Waals surface area contributed by atoms with Gasteiger partial charge in [-0.05, 0) is 36.8 Å². The summed E-state index contributed by atoms with van der Waals surface area (Å²) in [5, 5.41) is 22.6. The van der Waals surface area contributed by atoms with Crippen molar-refractivity contribution >= 4 is 33.9 Å². The Hall–Kier alpha value is -2.85. The lowest BCUT2D eigenvalue weighted by Gasteiger charge is -2.27. The van der Waals surface area contributed by atoms with Crippen LogP contribution in [0.2, 0.25) is 5.02 Å². The number of benzene rings is 2. The van der Waals surface area contributed by atoms with Crippen LogP contribution in [0.25, 0.3) is 10.8 Å². The molecule has 0 spiro atoms. The molecule has 8 heteroatoms. The Balaban J connectivity index is 0.00000256. The Morgan fingerprint density at radius 1 is 1.23 bits per heavy atom. The van der Waals surface area contributed by atoms with Crippen molar-refractivity contribution in [1.82, 2.24) is 10.2 Å². The fourth-order valence-corrected chi connectivity index (χ4v) is 3.86. The summed E-state index contributed by atoms with van der Waals surface area (Å²) in [5.41, 5.74) is 2.70. The van der Waals surface area contributed by atoms with E-state index < -0.39 is 0 Å². The van der Waals surface area contributed by atoms with Crippen LogP contribution < -0.4 is 27.4 Å². The lowest BCUT2D eigenvalue weighted by Crippen LogP contribution is -3.00. The molecule has 4 rings (SSSR count). The molecule has 0 saturated carbocycles. The SMILES string of the molecule is COc1ccc(C[NH2+]c2nncc3c(N4CC=CCC4)cc(C#N)cc23)cc1Cl.[Cl-]. The Kier molecular flexibility index (Phi) is 7.11. The Morgan fingerprint density at radius 2 is 2.10 bits per heavy atom. The molecular formula is C22H21Cl2N5O. The summed E-state index contributed by atoms with van der Waals surface area (Å²) in [6, 6.07) is 11.8. The molecule has 2 heterocycles. The van der Waals surface area contributed by atoms with Gasteiger partial charge in [-0.1, -0.05) is 28.9 Å². The zero-order valence-corrected chi connectivity index (χ0v) is 18.0. The number of nitriles is 1. The van der Waals surface area contributed by atoms with Gasteiger partial charge in [0.25, 0.3) is 5.82 Å². The van der Waals surface area contributed by atoms with Gasteiger partial charge in [0.05, 0.1) is 35.3 Å².